The lowest BCUT2D eigenvalue weighted by atomic mass is 9.82. The Morgan fingerprint density at radius 2 is 1.95 bits per heavy atom. The molecule has 2 fully saturated rings. The van der Waals surface area contributed by atoms with Gasteiger partial charge in [0.25, 0.3) is 0 Å². The highest BCUT2D eigenvalue weighted by atomic mass is 16.5. The molecule has 1 aliphatic heterocycles. The second-order valence-electron chi connectivity index (χ2n) is 6.82. The molecule has 0 aromatic heterocycles. The van der Waals surface area contributed by atoms with Crippen LogP contribution in [0.15, 0.2) is 0 Å². The van der Waals surface area contributed by atoms with Crippen LogP contribution in [0.1, 0.15) is 40.5 Å². The third-order valence-electron chi connectivity index (χ3n) is 4.00. The first-order valence-electron chi connectivity index (χ1n) is 7.55. The van der Waals surface area contributed by atoms with Crippen molar-refractivity contribution in [2.75, 3.05) is 19.8 Å². The largest absolute Gasteiger partial charge is 0.380 e. The van der Waals surface area contributed by atoms with Crippen molar-refractivity contribution < 1.29 is 14.3 Å². The Labute approximate surface area is 121 Å². The molecule has 2 amide bonds. The van der Waals surface area contributed by atoms with Crippen LogP contribution in [0, 0.1) is 11.3 Å². The zero-order valence-corrected chi connectivity index (χ0v) is 12.9. The predicted molar refractivity (Wildman–Crippen MR) is 76.1 cm³/mol. The van der Waals surface area contributed by atoms with Gasteiger partial charge in [-0.05, 0) is 31.1 Å². The molecule has 2 unspecified atom stereocenters. The number of piperazine rings is 1. The molecular formula is C15H26N2O3. The van der Waals surface area contributed by atoms with Gasteiger partial charge in [0.2, 0.25) is 11.8 Å². The number of amides is 2. The van der Waals surface area contributed by atoms with Crippen LogP contribution in [-0.4, -0.2) is 48.6 Å². The Morgan fingerprint density at radius 1 is 1.30 bits per heavy atom. The maximum Gasteiger partial charge on any atom is 0.246 e. The monoisotopic (exact) mass is 282 g/mol. The van der Waals surface area contributed by atoms with E-state index in [2.05, 4.69) is 5.32 Å². The van der Waals surface area contributed by atoms with Crippen molar-refractivity contribution in [1.29, 1.82) is 0 Å². The molecule has 5 heteroatoms. The molecular weight excluding hydrogens is 256 g/mol. The lowest BCUT2D eigenvalue weighted by Crippen LogP contribution is -2.67. The Balaban J connectivity index is 2.16. The molecule has 1 heterocycles. The van der Waals surface area contributed by atoms with Gasteiger partial charge < -0.3 is 15.0 Å². The fourth-order valence-electron chi connectivity index (χ4n) is 2.90. The molecule has 114 valence electrons. The zero-order valence-electron chi connectivity index (χ0n) is 12.9. The summed E-state index contributed by atoms with van der Waals surface area (Å²) in [6, 6.07) is -0.729. The molecule has 2 atom stereocenters. The van der Waals surface area contributed by atoms with Crippen molar-refractivity contribution in [3.63, 3.8) is 0 Å². The molecule has 2 aliphatic rings. The highest BCUT2D eigenvalue weighted by Gasteiger charge is 2.49. The summed E-state index contributed by atoms with van der Waals surface area (Å²) in [6.45, 7) is 9.52. The topological polar surface area (TPSA) is 58.6 Å². The number of rotatable bonds is 5. The highest BCUT2D eigenvalue weighted by Crippen LogP contribution is 2.37. The van der Waals surface area contributed by atoms with Gasteiger partial charge in [0.15, 0.2) is 0 Å². The molecule has 1 saturated carbocycles. The summed E-state index contributed by atoms with van der Waals surface area (Å²) >= 11 is 0. The van der Waals surface area contributed by atoms with E-state index in [1.54, 1.807) is 4.90 Å². The van der Waals surface area contributed by atoms with Gasteiger partial charge in [-0.2, -0.15) is 0 Å². The number of hydrogen-bond acceptors (Lipinski definition) is 3. The van der Waals surface area contributed by atoms with Crippen LogP contribution in [0.3, 0.4) is 0 Å². The van der Waals surface area contributed by atoms with Crippen molar-refractivity contribution in [2.24, 2.45) is 11.3 Å². The Kier molecular flexibility index (Phi) is 4.37. The third-order valence-corrected chi connectivity index (χ3v) is 4.00. The Morgan fingerprint density at radius 3 is 2.45 bits per heavy atom. The number of carbonyl (C=O) groups excluding carboxylic acids is 2. The van der Waals surface area contributed by atoms with Crippen molar-refractivity contribution in [1.82, 2.24) is 10.2 Å². The average Bonchev–Trinajstić information content (AvgIpc) is 3.15. The van der Waals surface area contributed by atoms with Gasteiger partial charge in [-0.15, -0.1) is 0 Å². The molecule has 0 aromatic rings. The number of carbonyl (C=O) groups is 2. The van der Waals surface area contributed by atoms with Gasteiger partial charge in [0.1, 0.15) is 12.1 Å². The van der Waals surface area contributed by atoms with E-state index >= 15 is 0 Å². The summed E-state index contributed by atoms with van der Waals surface area (Å²) in [6.07, 6.45) is 2.08. The van der Waals surface area contributed by atoms with Gasteiger partial charge in [-0.1, -0.05) is 20.8 Å². The summed E-state index contributed by atoms with van der Waals surface area (Å²) in [4.78, 5) is 26.8. The SMILES string of the molecule is CCOCCN1C(=O)C(C2CC2)NC(=O)C1C(C)(C)C. The van der Waals surface area contributed by atoms with Crippen molar-refractivity contribution in [3.05, 3.63) is 0 Å². The first-order valence-corrected chi connectivity index (χ1v) is 7.55. The lowest BCUT2D eigenvalue weighted by Gasteiger charge is -2.44. The van der Waals surface area contributed by atoms with E-state index in [9.17, 15) is 9.59 Å². The minimum absolute atomic E-state index is 0.0227. The summed E-state index contributed by atoms with van der Waals surface area (Å²) in [5.74, 6) is 0.374. The fourth-order valence-corrected chi connectivity index (χ4v) is 2.90. The van der Waals surface area contributed by atoms with Crippen LogP contribution in [0.4, 0.5) is 0 Å². The van der Waals surface area contributed by atoms with E-state index in [4.69, 9.17) is 4.74 Å². The maximum atomic E-state index is 12.7. The highest BCUT2D eigenvalue weighted by molar-refractivity contribution is 5.97. The number of ether oxygens (including phenoxy) is 1. The maximum absolute atomic E-state index is 12.7. The Bertz CT molecular complexity index is 385. The van der Waals surface area contributed by atoms with Crippen molar-refractivity contribution in [2.45, 2.75) is 52.6 Å². The quantitative estimate of drug-likeness (QED) is 0.770. The second kappa shape index (κ2) is 5.72. The standard InChI is InChI=1S/C15H26N2O3/c1-5-20-9-8-17-12(15(2,3)4)13(18)16-11(14(17)19)10-6-7-10/h10-12H,5-9H2,1-4H3,(H,16,18). The van der Waals surface area contributed by atoms with E-state index in [1.807, 2.05) is 27.7 Å². The lowest BCUT2D eigenvalue weighted by molar-refractivity contribution is -0.155. The first-order chi connectivity index (χ1) is 9.36. The minimum Gasteiger partial charge on any atom is -0.380 e. The third kappa shape index (κ3) is 3.14. The zero-order chi connectivity index (χ0) is 14.9. The molecule has 2 rings (SSSR count). The van der Waals surface area contributed by atoms with Crippen molar-refractivity contribution >= 4 is 11.8 Å². The van der Waals surface area contributed by atoms with Gasteiger partial charge in [0, 0.05) is 13.2 Å². The van der Waals surface area contributed by atoms with E-state index in [-0.39, 0.29) is 23.3 Å². The summed E-state index contributed by atoms with van der Waals surface area (Å²) in [5, 5.41) is 2.93. The average molecular weight is 282 g/mol. The molecule has 0 aromatic carbocycles. The van der Waals surface area contributed by atoms with Gasteiger partial charge in [-0.25, -0.2) is 0 Å². The van der Waals surface area contributed by atoms with E-state index in [1.165, 1.54) is 0 Å². The Hall–Kier alpha value is -1.10. The van der Waals surface area contributed by atoms with Gasteiger partial charge in [0.05, 0.1) is 6.61 Å². The normalized spacial score (nSPS) is 27.7. The number of hydrogen-bond donors (Lipinski definition) is 1. The van der Waals surface area contributed by atoms with Crippen LogP contribution < -0.4 is 5.32 Å². The summed E-state index contributed by atoms with van der Waals surface area (Å²) < 4.78 is 5.37. The molecule has 0 bridgehead atoms. The molecule has 0 spiro atoms. The minimum atomic E-state index is -0.412. The van der Waals surface area contributed by atoms with E-state index in [0.717, 1.165) is 12.8 Å². The van der Waals surface area contributed by atoms with Crippen molar-refractivity contribution in [3.8, 4) is 0 Å². The summed E-state index contributed by atoms with van der Waals surface area (Å²) in [7, 11) is 0. The molecule has 1 N–H and O–H groups in total. The summed E-state index contributed by atoms with van der Waals surface area (Å²) in [5.41, 5.74) is -0.277. The number of nitrogens with zero attached hydrogens (tertiary/aromatic N) is 1. The van der Waals surface area contributed by atoms with Crippen LogP contribution in [0.5, 0.6) is 0 Å². The van der Waals surface area contributed by atoms with Crippen LogP contribution >= 0.6 is 0 Å². The van der Waals surface area contributed by atoms with Gasteiger partial charge in [-0.3, -0.25) is 9.59 Å². The molecule has 1 saturated heterocycles. The first kappa shape index (κ1) is 15.3. The molecule has 1 aliphatic carbocycles. The van der Waals surface area contributed by atoms with E-state index < -0.39 is 6.04 Å². The smallest absolute Gasteiger partial charge is 0.246 e. The van der Waals surface area contributed by atoms with E-state index in [0.29, 0.717) is 25.7 Å². The van der Waals surface area contributed by atoms with Crippen LogP contribution in [0.2, 0.25) is 0 Å². The molecule has 0 radical (unpaired) electrons. The fraction of sp³-hybridized carbons (Fsp3) is 0.867. The molecule has 5 nitrogen and oxygen atoms in total. The second-order valence-corrected chi connectivity index (χ2v) is 6.82. The van der Waals surface area contributed by atoms with Gasteiger partial charge >= 0.3 is 0 Å². The van der Waals surface area contributed by atoms with Crippen LogP contribution in [-0.2, 0) is 14.3 Å². The number of nitrogens with one attached hydrogen (secondary N) is 1. The predicted octanol–water partition coefficient (Wildman–Crippen LogP) is 1.17. The molecule has 20 heavy (non-hydrogen) atoms. The van der Waals surface area contributed by atoms with Crippen LogP contribution in [0.25, 0.3) is 0 Å².